The third-order valence-electron chi connectivity index (χ3n) is 3.36. The number of nitrogens with zero attached hydrogens (tertiary/aromatic N) is 1. The number of likely N-dealkylation sites (tertiary alicyclic amines) is 1. The van der Waals surface area contributed by atoms with Crippen LogP contribution in [0.4, 0.5) is 0 Å². The SMILES string of the molecule is CCCOC1CCN(CC(C)CC)CC1.S. The second kappa shape index (κ2) is 9.32. The van der Waals surface area contributed by atoms with Crippen LogP contribution < -0.4 is 0 Å². The summed E-state index contributed by atoms with van der Waals surface area (Å²) in [5.41, 5.74) is 0. The summed E-state index contributed by atoms with van der Waals surface area (Å²) >= 11 is 0. The minimum Gasteiger partial charge on any atom is -0.378 e. The first-order valence-electron chi connectivity index (χ1n) is 6.60. The van der Waals surface area contributed by atoms with Gasteiger partial charge in [-0.05, 0) is 25.2 Å². The van der Waals surface area contributed by atoms with Crippen molar-refractivity contribution in [2.24, 2.45) is 5.92 Å². The van der Waals surface area contributed by atoms with Crippen LogP contribution in [0.2, 0.25) is 0 Å². The first kappa shape index (κ1) is 16.3. The van der Waals surface area contributed by atoms with Crippen molar-refractivity contribution in [1.29, 1.82) is 0 Å². The highest BCUT2D eigenvalue weighted by Crippen LogP contribution is 2.15. The summed E-state index contributed by atoms with van der Waals surface area (Å²) in [6.07, 6.45) is 5.45. The Balaban J connectivity index is 0.00000225. The summed E-state index contributed by atoms with van der Waals surface area (Å²) < 4.78 is 5.79. The highest BCUT2D eigenvalue weighted by Gasteiger charge is 2.19. The summed E-state index contributed by atoms with van der Waals surface area (Å²) in [5.74, 6) is 0.845. The molecule has 0 saturated carbocycles. The lowest BCUT2D eigenvalue weighted by Gasteiger charge is -2.33. The molecule has 0 radical (unpaired) electrons. The van der Waals surface area contributed by atoms with Crippen molar-refractivity contribution in [2.45, 2.75) is 52.6 Å². The van der Waals surface area contributed by atoms with E-state index in [1.165, 1.54) is 38.9 Å². The van der Waals surface area contributed by atoms with Crippen LogP contribution in [0.15, 0.2) is 0 Å². The molecule has 0 bridgehead atoms. The van der Waals surface area contributed by atoms with Crippen molar-refractivity contribution in [2.75, 3.05) is 26.2 Å². The third kappa shape index (κ3) is 6.12. The number of piperidine rings is 1. The molecule has 1 atom stereocenters. The molecule has 1 saturated heterocycles. The minimum absolute atomic E-state index is 0. The summed E-state index contributed by atoms with van der Waals surface area (Å²) in [6, 6.07) is 0. The van der Waals surface area contributed by atoms with E-state index in [1.807, 2.05) is 0 Å². The van der Waals surface area contributed by atoms with Gasteiger partial charge in [0.25, 0.3) is 0 Å². The van der Waals surface area contributed by atoms with Gasteiger partial charge in [0, 0.05) is 26.2 Å². The van der Waals surface area contributed by atoms with Crippen LogP contribution in [0.5, 0.6) is 0 Å². The maximum atomic E-state index is 5.79. The largest absolute Gasteiger partial charge is 0.378 e. The van der Waals surface area contributed by atoms with Crippen LogP contribution in [0, 0.1) is 5.92 Å². The van der Waals surface area contributed by atoms with Gasteiger partial charge in [0.2, 0.25) is 0 Å². The fourth-order valence-electron chi connectivity index (χ4n) is 2.11. The van der Waals surface area contributed by atoms with Gasteiger partial charge >= 0.3 is 0 Å². The van der Waals surface area contributed by atoms with Gasteiger partial charge in [0.15, 0.2) is 0 Å². The Morgan fingerprint density at radius 2 is 1.88 bits per heavy atom. The maximum absolute atomic E-state index is 5.79. The molecule has 0 aromatic rings. The topological polar surface area (TPSA) is 12.5 Å². The molecule has 3 heteroatoms. The van der Waals surface area contributed by atoms with Crippen molar-refractivity contribution in [3.8, 4) is 0 Å². The number of ether oxygens (including phenoxy) is 1. The van der Waals surface area contributed by atoms with Crippen LogP contribution in [-0.4, -0.2) is 37.2 Å². The minimum atomic E-state index is 0. The first-order valence-corrected chi connectivity index (χ1v) is 6.60. The van der Waals surface area contributed by atoms with Crippen LogP contribution in [-0.2, 0) is 4.74 Å². The zero-order valence-corrected chi connectivity index (χ0v) is 12.2. The van der Waals surface area contributed by atoms with Gasteiger partial charge in [-0.25, -0.2) is 0 Å². The van der Waals surface area contributed by atoms with E-state index in [4.69, 9.17) is 4.74 Å². The first-order chi connectivity index (χ1) is 7.26. The average molecular weight is 247 g/mol. The highest BCUT2D eigenvalue weighted by atomic mass is 32.1. The quantitative estimate of drug-likeness (QED) is 0.715. The van der Waals surface area contributed by atoms with Gasteiger partial charge in [0.1, 0.15) is 0 Å². The molecule has 1 aliphatic rings. The number of hydrogen-bond acceptors (Lipinski definition) is 2. The molecule has 0 N–H and O–H groups in total. The summed E-state index contributed by atoms with van der Waals surface area (Å²) in [6.45, 7) is 11.5. The van der Waals surface area contributed by atoms with Gasteiger partial charge in [-0.2, -0.15) is 13.5 Å². The van der Waals surface area contributed by atoms with Crippen molar-refractivity contribution >= 4 is 13.5 Å². The fraction of sp³-hybridized carbons (Fsp3) is 1.00. The molecule has 16 heavy (non-hydrogen) atoms. The molecule has 1 heterocycles. The second-order valence-electron chi connectivity index (χ2n) is 4.88. The molecule has 98 valence electrons. The molecule has 0 aliphatic carbocycles. The van der Waals surface area contributed by atoms with Crippen molar-refractivity contribution in [1.82, 2.24) is 4.90 Å². The molecule has 2 nitrogen and oxygen atoms in total. The molecular formula is C13H29NOS. The van der Waals surface area contributed by atoms with Crippen LogP contribution in [0.3, 0.4) is 0 Å². The summed E-state index contributed by atoms with van der Waals surface area (Å²) in [4.78, 5) is 2.60. The van der Waals surface area contributed by atoms with Crippen molar-refractivity contribution in [3.63, 3.8) is 0 Å². The van der Waals surface area contributed by atoms with E-state index in [9.17, 15) is 0 Å². The van der Waals surface area contributed by atoms with E-state index in [2.05, 4.69) is 25.7 Å². The van der Waals surface area contributed by atoms with E-state index in [-0.39, 0.29) is 13.5 Å². The monoisotopic (exact) mass is 247 g/mol. The zero-order valence-electron chi connectivity index (χ0n) is 11.2. The Labute approximate surface area is 108 Å². The highest BCUT2D eigenvalue weighted by molar-refractivity contribution is 7.59. The smallest absolute Gasteiger partial charge is 0.0599 e. The van der Waals surface area contributed by atoms with Gasteiger partial charge in [0.05, 0.1) is 6.10 Å². The van der Waals surface area contributed by atoms with Gasteiger partial charge in [-0.15, -0.1) is 0 Å². The predicted molar refractivity (Wildman–Crippen MR) is 75.5 cm³/mol. The predicted octanol–water partition coefficient (Wildman–Crippen LogP) is 3.04. The Bertz CT molecular complexity index is 158. The standard InChI is InChI=1S/C13H27NO.H2S/c1-4-10-15-13-6-8-14(9-7-13)11-12(3)5-2;/h12-13H,4-11H2,1-3H3;1H2. The number of rotatable bonds is 6. The van der Waals surface area contributed by atoms with Gasteiger partial charge < -0.3 is 9.64 Å². The van der Waals surface area contributed by atoms with E-state index < -0.39 is 0 Å². The molecule has 0 spiro atoms. The molecule has 1 aliphatic heterocycles. The van der Waals surface area contributed by atoms with Gasteiger partial charge in [-0.3, -0.25) is 0 Å². The van der Waals surface area contributed by atoms with Crippen LogP contribution in [0.25, 0.3) is 0 Å². The van der Waals surface area contributed by atoms with Gasteiger partial charge in [-0.1, -0.05) is 27.2 Å². The Morgan fingerprint density at radius 3 is 2.38 bits per heavy atom. The summed E-state index contributed by atoms with van der Waals surface area (Å²) in [5, 5.41) is 0. The van der Waals surface area contributed by atoms with Crippen molar-refractivity contribution < 1.29 is 4.74 Å². The second-order valence-corrected chi connectivity index (χ2v) is 4.88. The normalized spacial score (nSPS) is 20.4. The summed E-state index contributed by atoms with van der Waals surface area (Å²) in [7, 11) is 0. The lowest BCUT2D eigenvalue weighted by atomic mass is 10.0. The Morgan fingerprint density at radius 1 is 1.25 bits per heavy atom. The van der Waals surface area contributed by atoms with Crippen LogP contribution in [0.1, 0.15) is 46.5 Å². The maximum Gasteiger partial charge on any atom is 0.0599 e. The molecule has 1 rings (SSSR count). The molecular weight excluding hydrogens is 218 g/mol. The Hall–Kier alpha value is 0.270. The molecule has 0 aromatic heterocycles. The molecule has 1 unspecified atom stereocenters. The average Bonchev–Trinajstić information content (AvgIpc) is 2.28. The van der Waals surface area contributed by atoms with E-state index >= 15 is 0 Å². The molecule has 0 amide bonds. The van der Waals surface area contributed by atoms with E-state index in [0.717, 1.165) is 18.9 Å². The lowest BCUT2D eigenvalue weighted by Crippen LogP contribution is -2.39. The fourth-order valence-corrected chi connectivity index (χ4v) is 2.11. The van der Waals surface area contributed by atoms with Crippen molar-refractivity contribution in [3.05, 3.63) is 0 Å². The molecule has 1 fully saturated rings. The zero-order chi connectivity index (χ0) is 11.1. The number of hydrogen-bond donors (Lipinski definition) is 0. The third-order valence-corrected chi connectivity index (χ3v) is 3.36. The van der Waals surface area contributed by atoms with E-state index in [0.29, 0.717) is 6.10 Å². The molecule has 0 aromatic carbocycles. The Kier molecular flexibility index (Phi) is 9.47. The lowest BCUT2D eigenvalue weighted by molar-refractivity contribution is 0.00534. The van der Waals surface area contributed by atoms with Crippen LogP contribution >= 0.6 is 13.5 Å². The van der Waals surface area contributed by atoms with E-state index in [1.54, 1.807) is 0 Å².